The predicted octanol–water partition coefficient (Wildman–Crippen LogP) is -8.75. The van der Waals surface area contributed by atoms with Crippen molar-refractivity contribution in [1.29, 1.82) is 0 Å². The number of amides is 17. The van der Waals surface area contributed by atoms with E-state index >= 15 is 0 Å². The van der Waals surface area contributed by atoms with E-state index < -0.39 is 291 Å². The Morgan fingerprint density at radius 3 is 1.12 bits per heavy atom. The van der Waals surface area contributed by atoms with E-state index in [-0.39, 0.29) is 50.9 Å². The van der Waals surface area contributed by atoms with Crippen molar-refractivity contribution in [3.05, 3.63) is 29.8 Å². The van der Waals surface area contributed by atoms with E-state index in [2.05, 4.69) is 74.4 Å². The largest absolute Gasteiger partial charge is 0.508 e. The van der Waals surface area contributed by atoms with Crippen LogP contribution >= 0.6 is 0 Å². The Kier molecular flexibility index (Phi) is 50.4. The van der Waals surface area contributed by atoms with Gasteiger partial charge in [0.15, 0.2) is 0 Å². The van der Waals surface area contributed by atoms with Crippen molar-refractivity contribution in [2.75, 3.05) is 26.2 Å². The van der Waals surface area contributed by atoms with Gasteiger partial charge in [-0.15, -0.1) is 0 Å². The van der Waals surface area contributed by atoms with Crippen molar-refractivity contribution < 1.29 is 131 Å². The number of aliphatic hydroxyl groups is 1. The highest BCUT2D eigenvalue weighted by Crippen LogP contribution is 2.16. The van der Waals surface area contributed by atoms with Crippen LogP contribution in [-0.4, -0.2) is 266 Å². The molecule has 0 aliphatic heterocycles. The molecule has 0 heterocycles. The molecule has 14 atom stereocenters. The van der Waals surface area contributed by atoms with Gasteiger partial charge in [0, 0.05) is 39.0 Å². The third-order valence-electron chi connectivity index (χ3n) is 17.6. The number of carbonyl (C=O) groups is 21. The van der Waals surface area contributed by atoms with Gasteiger partial charge in [0.05, 0.1) is 25.6 Å². The first-order chi connectivity index (χ1) is 56.0. The Morgan fingerprint density at radius 1 is 0.358 bits per heavy atom. The summed E-state index contributed by atoms with van der Waals surface area (Å²) in [6, 6.07) is -16.9. The maximum Gasteiger partial charge on any atom is 0.325 e. The lowest BCUT2D eigenvalue weighted by Gasteiger charge is -2.30. The second kappa shape index (κ2) is 56.2. The minimum atomic E-state index is -2.09. The minimum Gasteiger partial charge on any atom is -0.508 e. The highest BCUT2D eigenvalue weighted by molar-refractivity contribution is 6.01. The first kappa shape index (κ1) is 108. The quantitative estimate of drug-likeness (QED) is 0.0269. The standard InChI is InChI=1S/C71H116N20O25.C2H4O2/c1-33(2)55(91-70(114)57(35(5)6)90-66(110)46(29-38-15-17-39(93)18-16-38)87-69(113)56(34(3)4)89-59(103)40(74)19-25-53(98)99)68(112)79-36(7)58(102)82-45(22-26-54(100)101)64(108)86-47(30-51(77)96)65(109)85-44(21-24-50(76)95)63(107)84-43(20-23-49(75)94)60(104)78-31-52(97)81-41(13-9-11-27-72)62(106)88-48(32-92)67(111)83-42(14-10-12-28-73)61(105)80-37(8)71(115)116;1-2(3)4/h15-18,33-37,40-48,55-57,92-93H,9-14,19-32,72-74H2,1-8H3,(H2,75,94)(H2,76,95)(H2,77,96)(H,78,104)(H,79,112)(H,80,105)(H,81,97)(H,82,102)(H,83,111)(H,84,107)(H,85,109)(H,86,108)(H,87,113)(H,88,106)(H,89,103)(H,90,110)(H,91,114)(H,98,99)(H,100,101)(H,115,116);1H3,(H,3,4)/t36-,37-,40-,41-,42-,43-,44-,45-,46-,47-,48-,55-,56-,57-;/m0./s1. The number of aliphatic hydroxyl groups excluding tert-OH is 1. The van der Waals surface area contributed by atoms with Crippen molar-refractivity contribution in [1.82, 2.24) is 74.4 Å². The van der Waals surface area contributed by atoms with Crippen molar-refractivity contribution in [2.24, 2.45) is 52.2 Å². The monoisotopic (exact) mass is 1710 g/mol. The molecule has 0 aromatic heterocycles. The number of nitrogens with two attached hydrogens (primary N) is 6. The molecule has 1 aromatic rings. The number of aliphatic carboxylic acids is 4. The van der Waals surface area contributed by atoms with Gasteiger partial charge in [-0.3, -0.25) is 101 Å². The number of nitrogens with one attached hydrogen (secondary N) is 14. The first-order valence-electron chi connectivity index (χ1n) is 38.5. The number of carbonyl (C=O) groups excluding carboxylic acids is 17. The van der Waals surface area contributed by atoms with Gasteiger partial charge < -0.3 is 139 Å². The third-order valence-corrected chi connectivity index (χ3v) is 17.6. The molecule has 0 unspecified atom stereocenters. The van der Waals surface area contributed by atoms with Crippen LogP contribution in [0.15, 0.2) is 24.3 Å². The SMILES string of the molecule is CC(=O)O.CC(C)[C@H](NC(=O)[C@H](Cc1ccc(O)cc1)NC(=O)[C@@H](NC(=O)[C@@H](N)CCC(=O)O)C(C)C)C(=O)N[C@H](C(=O)N[C@@H](C)C(=O)N[C@@H](CCC(=O)O)C(=O)N[C@@H](CC(N)=O)C(=O)N[C@@H](CCC(N)=O)C(=O)N[C@@H](CCC(N)=O)C(=O)NCC(=O)N[C@@H](CCCCN)C(=O)N[C@@H](CO)C(=O)N[C@@H](CCCCN)C(=O)N[C@@H](C)C(=O)O)C(C)C. The van der Waals surface area contributed by atoms with E-state index in [9.17, 15) is 116 Å². The lowest BCUT2D eigenvalue weighted by Crippen LogP contribution is -2.62. The van der Waals surface area contributed by atoms with E-state index in [0.29, 0.717) is 24.8 Å². The average Bonchev–Trinajstić information content (AvgIpc) is 0.821. The molecule has 0 radical (unpaired) electrons. The number of unbranched alkanes of at least 4 members (excludes halogenated alkanes) is 2. The average molecular weight is 1710 g/mol. The zero-order valence-corrected chi connectivity index (χ0v) is 68.5. The smallest absolute Gasteiger partial charge is 0.325 e. The second-order valence-electron chi connectivity index (χ2n) is 29.0. The Balaban J connectivity index is 0.0000345. The molecule has 120 heavy (non-hydrogen) atoms. The van der Waals surface area contributed by atoms with Crippen LogP contribution < -0.4 is 109 Å². The molecule has 17 amide bonds. The number of benzene rings is 1. The number of phenolic OH excluding ortho intramolecular Hbond substituents is 1. The van der Waals surface area contributed by atoms with Crippen LogP contribution in [0, 0.1) is 17.8 Å². The van der Waals surface area contributed by atoms with Gasteiger partial charge >= 0.3 is 17.9 Å². The minimum absolute atomic E-state index is 0.0277. The molecule has 0 spiro atoms. The summed E-state index contributed by atoms with van der Waals surface area (Å²) in [5.41, 5.74) is 33.7. The molecular weight excluding hydrogens is 1590 g/mol. The summed E-state index contributed by atoms with van der Waals surface area (Å²) in [7, 11) is 0. The van der Waals surface area contributed by atoms with Crippen molar-refractivity contribution >= 4 is 124 Å². The molecule has 47 nitrogen and oxygen atoms in total. The van der Waals surface area contributed by atoms with E-state index in [1.54, 1.807) is 13.8 Å². The molecule has 47 heteroatoms. The number of aromatic hydroxyl groups is 1. The normalized spacial score (nSPS) is 14.4. The Labute approximate surface area is 691 Å². The van der Waals surface area contributed by atoms with Gasteiger partial charge in [-0.25, -0.2) is 0 Å². The van der Waals surface area contributed by atoms with Crippen molar-refractivity contribution in [2.45, 2.75) is 250 Å². The van der Waals surface area contributed by atoms with E-state index in [0.717, 1.165) is 13.8 Å². The number of hydrogen-bond acceptors (Lipinski definition) is 26. The zero-order valence-electron chi connectivity index (χ0n) is 68.5. The summed E-state index contributed by atoms with van der Waals surface area (Å²) >= 11 is 0. The molecule has 0 bridgehead atoms. The second-order valence-corrected chi connectivity index (χ2v) is 29.0. The topological polar surface area (TPSA) is 804 Å². The highest BCUT2D eigenvalue weighted by Gasteiger charge is 2.39. The van der Waals surface area contributed by atoms with Gasteiger partial charge in [-0.1, -0.05) is 53.7 Å². The summed E-state index contributed by atoms with van der Waals surface area (Å²) in [5, 5.41) is 88.5. The fourth-order valence-electron chi connectivity index (χ4n) is 10.8. The van der Waals surface area contributed by atoms with Crippen molar-refractivity contribution in [3.63, 3.8) is 0 Å². The first-order valence-corrected chi connectivity index (χ1v) is 38.5. The summed E-state index contributed by atoms with van der Waals surface area (Å²) in [6.07, 6.45) is -5.14. The molecule has 0 fully saturated rings. The number of primary amides is 3. The molecule has 0 saturated heterocycles. The Bertz CT molecular complexity index is 3690. The van der Waals surface area contributed by atoms with E-state index in [4.69, 9.17) is 49.4 Å². The van der Waals surface area contributed by atoms with Crippen LogP contribution in [-0.2, 0) is 107 Å². The maximum absolute atomic E-state index is 14.3. The summed E-state index contributed by atoms with van der Waals surface area (Å²) in [6.45, 7) is 11.0. The summed E-state index contributed by atoms with van der Waals surface area (Å²) < 4.78 is 0. The van der Waals surface area contributed by atoms with E-state index in [1.807, 2.05) is 0 Å². The van der Waals surface area contributed by atoms with Gasteiger partial charge in [-0.2, -0.15) is 0 Å². The van der Waals surface area contributed by atoms with Crippen molar-refractivity contribution in [3.8, 4) is 5.75 Å². The van der Waals surface area contributed by atoms with Crippen LogP contribution in [0.2, 0.25) is 0 Å². The van der Waals surface area contributed by atoms with Crippen LogP contribution in [0.1, 0.15) is 164 Å². The van der Waals surface area contributed by atoms with Crippen LogP contribution in [0.3, 0.4) is 0 Å². The third kappa shape index (κ3) is 43.8. The molecule has 1 aromatic carbocycles. The van der Waals surface area contributed by atoms with Gasteiger partial charge in [0.25, 0.3) is 5.97 Å². The Morgan fingerprint density at radius 2 is 0.692 bits per heavy atom. The fourth-order valence-corrected chi connectivity index (χ4v) is 10.8. The number of carboxylic acids is 4. The van der Waals surface area contributed by atoms with Gasteiger partial charge in [0.1, 0.15) is 84.3 Å². The lowest BCUT2D eigenvalue weighted by molar-refractivity contribution is -0.142. The summed E-state index contributed by atoms with van der Waals surface area (Å²) in [5.74, 6) is -25.7. The van der Waals surface area contributed by atoms with Crippen LogP contribution in [0.4, 0.5) is 0 Å². The molecule has 674 valence electrons. The summed E-state index contributed by atoms with van der Waals surface area (Å²) in [4.78, 5) is 274. The lowest BCUT2D eigenvalue weighted by atomic mass is 9.98. The molecular formula is C73H120N20O27. The zero-order chi connectivity index (χ0) is 92.0. The highest BCUT2D eigenvalue weighted by atomic mass is 16.4. The van der Waals surface area contributed by atoms with Gasteiger partial charge in [0.2, 0.25) is 100 Å². The number of phenols is 1. The fraction of sp³-hybridized carbons (Fsp3) is 0.630. The molecule has 32 N–H and O–H groups in total. The number of rotatable bonds is 57. The molecule has 1 rings (SSSR count). The number of hydrogen-bond donors (Lipinski definition) is 26. The predicted molar refractivity (Wildman–Crippen MR) is 422 cm³/mol. The van der Waals surface area contributed by atoms with E-state index in [1.165, 1.54) is 58.9 Å². The molecule has 0 saturated carbocycles. The number of carboxylic acid groups (broad SMARTS) is 4. The molecule has 0 aliphatic carbocycles. The van der Waals surface area contributed by atoms with Gasteiger partial charge in [-0.05, 0) is 127 Å². The molecule has 0 aliphatic rings. The maximum atomic E-state index is 14.3. The Hall–Kier alpha value is -12.3. The van der Waals surface area contributed by atoms with Crippen LogP contribution in [0.5, 0.6) is 5.75 Å². The van der Waals surface area contributed by atoms with Crippen LogP contribution in [0.25, 0.3) is 0 Å².